The Bertz CT molecular complexity index is 1340. The molecule has 3 aromatic rings. The number of nitrogens with zero attached hydrogens (tertiary/aromatic N) is 4. The van der Waals surface area contributed by atoms with E-state index in [2.05, 4.69) is 14.7 Å². The number of aromatic nitrogens is 3. The van der Waals surface area contributed by atoms with Crippen LogP contribution in [0.1, 0.15) is 36.4 Å². The second-order valence-electron chi connectivity index (χ2n) is 7.60. The smallest absolute Gasteiger partial charge is 0.268 e. The van der Waals surface area contributed by atoms with Gasteiger partial charge < -0.3 is 4.57 Å². The van der Waals surface area contributed by atoms with Crippen molar-refractivity contribution in [1.29, 1.82) is 5.26 Å². The molecule has 0 aliphatic rings. The van der Waals surface area contributed by atoms with Gasteiger partial charge in [-0.1, -0.05) is 17.7 Å². The minimum Gasteiger partial charge on any atom is -0.318 e. The third-order valence-corrected chi connectivity index (χ3v) is 7.61. The molecular weight excluding hydrogens is 446 g/mol. The number of nitriles is 1. The monoisotopic (exact) mass is 469 g/mol. The van der Waals surface area contributed by atoms with Crippen molar-refractivity contribution in [2.45, 2.75) is 45.0 Å². The van der Waals surface area contributed by atoms with E-state index in [1.165, 1.54) is 19.9 Å². The number of carbonyl (C=O) groups is 1. The average molecular weight is 470 g/mol. The number of aryl methyl sites for hydroxylation is 2. The molecular formula is C22H23N5O3S2. The lowest BCUT2D eigenvalue weighted by Gasteiger charge is -2.10. The van der Waals surface area contributed by atoms with Crippen molar-refractivity contribution < 1.29 is 13.2 Å². The van der Waals surface area contributed by atoms with Crippen LogP contribution in [0, 0.1) is 32.1 Å². The third-order valence-electron chi connectivity index (χ3n) is 4.93. The van der Waals surface area contributed by atoms with Gasteiger partial charge in [-0.05, 0) is 64.5 Å². The summed E-state index contributed by atoms with van der Waals surface area (Å²) in [6.45, 7) is 8.94. The first-order valence-corrected chi connectivity index (χ1v) is 12.1. The Balaban J connectivity index is 1.88. The van der Waals surface area contributed by atoms with Gasteiger partial charge in [0.15, 0.2) is 0 Å². The summed E-state index contributed by atoms with van der Waals surface area (Å²) in [7, 11) is -3.65. The molecule has 0 radical (unpaired) electrons. The molecule has 0 aliphatic carbocycles. The molecule has 0 spiro atoms. The van der Waals surface area contributed by atoms with Crippen molar-refractivity contribution in [2.75, 3.05) is 5.32 Å². The first-order valence-electron chi connectivity index (χ1n) is 9.81. The fourth-order valence-electron chi connectivity index (χ4n) is 3.08. The Kier molecular flexibility index (Phi) is 6.62. The molecule has 3 rings (SSSR count). The second kappa shape index (κ2) is 9.06. The summed E-state index contributed by atoms with van der Waals surface area (Å²) < 4.78 is 30.2. The Hall–Kier alpha value is -3.29. The quantitative estimate of drug-likeness (QED) is 0.431. The van der Waals surface area contributed by atoms with Crippen LogP contribution in [0.25, 0.3) is 11.8 Å². The van der Waals surface area contributed by atoms with Crippen LogP contribution in [0.15, 0.2) is 41.1 Å². The van der Waals surface area contributed by atoms with Crippen LogP contribution in [-0.4, -0.2) is 33.5 Å². The van der Waals surface area contributed by atoms with Crippen LogP contribution in [0.4, 0.5) is 5.13 Å². The van der Waals surface area contributed by atoms with E-state index in [0.29, 0.717) is 0 Å². The van der Waals surface area contributed by atoms with Crippen molar-refractivity contribution in [3.8, 4) is 11.8 Å². The van der Waals surface area contributed by atoms with Crippen molar-refractivity contribution in [2.24, 2.45) is 0 Å². The van der Waals surface area contributed by atoms with Crippen molar-refractivity contribution in [1.82, 2.24) is 13.9 Å². The number of carbonyl (C=O) groups excluding carboxylic acids is 1. The number of sulfone groups is 1. The van der Waals surface area contributed by atoms with Crippen LogP contribution in [0.3, 0.4) is 0 Å². The van der Waals surface area contributed by atoms with Gasteiger partial charge in [0.2, 0.25) is 15.0 Å². The van der Waals surface area contributed by atoms with Gasteiger partial charge in [0.25, 0.3) is 11.1 Å². The Labute approximate surface area is 191 Å². The molecule has 8 nitrogen and oxygen atoms in total. The van der Waals surface area contributed by atoms with Crippen LogP contribution >= 0.6 is 11.5 Å². The molecule has 0 saturated heterocycles. The SMILES string of the molecule is Cc1ccc(-n2c(C)cc(/C=C(/C#N)C(=O)Nc3nc(S(=O)(=O)C(C)C)ns3)c2C)cc1. The Morgan fingerprint density at radius 2 is 1.88 bits per heavy atom. The van der Waals surface area contributed by atoms with E-state index in [1.807, 2.05) is 61.7 Å². The molecule has 2 aromatic heterocycles. The Morgan fingerprint density at radius 3 is 2.47 bits per heavy atom. The summed E-state index contributed by atoms with van der Waals surface area (Å²) in [6, 6.07) is 11.9. The summed E-state index contributed by atoms with van der Waals surface area (Å²) in [6.07, 6.45) is 1.51. The highest BCUT2D eigenvalue weighted by molar-refractivity contribution is 7.91. The minimum absolute atomic E-state index is 0.0144. The van der Waals surface area contributed by atoms with Crippen molar-refractivity contribution in [3.63, 3.8) is 0 Å². The lowest BCUT2D eigenvalue weighted by Crippen LogP contribution is -2.16. The molecule has 0 aliphatic heterocycles. The first kappa shape index (κ1) is 23.4. The zero-order chi connectivity index (χ0) is 23.6. The van der Waals surface area contributed by atoms with Crippen LogP contribution < -0.4 is 5.32 Å². The molecule has 0 fully saturated rings. The number of nitrogens with one attached hydrogen (secondary N) is 1. The average Bonchev–Trinajstić information content (AvgIpc) is 3.31. The molecule has 32 heavy (non-hydrogen) atoms. The minimum atomic E-state index is -3.65. The van der Waals surface area contributed by atoms with Gasteiger partial charge in [-0.3, -0.25) is 10.1 Å². The van der Waals surface area contributed by atoms with Gasteiger partial charge in [-0.15, -0.1) is 0 Å². The largest absolute Gasteiger partial charge is 0.318 e. The summed E-state index contributed by atoms with van der Waals surface area (Å²) in [5.41, 5.74) is 4.59. The predicted octanol–water partition coefficient (Wildman–Crippen LogP) is 3.98. The topological polar surface area (TPSA) is 118 Å². The molecule has 10 heteroatoms. The number of hydrogen-bond acceptors (Lipinski definition) is 7. The van der Waals surface area contributed by atoms with E-state index >= 15 is 0 Å². The number of anilines is 1. The van der Waals surface area contributed by atoms with Gasteiger partial charge in [0, 0.05) is 28.6 Å². The van der Waals surface area contributed by atoms with E-state index in [0.717, 1.165) is 39.7 Å². The van der Waals surface area contributed by atoms with E-state index in [9.17, 15) is 18.5 Å². The molecule has 166 valence electrons. The zero-order valence-electron chi connectivity index (χ0n) is 18.4. The molecule has 0 saturated carbocycles. The first-order chi connectivity index (χ1) is 15.0. The molecule has 2 heterocycles. The fraction of sp³-hybridized carbons (Fsp3) is 0.273. The number of hydrogen-bond donors (Lipinski definition) is 1. The van der Waals surface area contributed by atoms with Gasteiger partial charge in [-0.2, -0.15) is 14.6 Å². The van der Waals surface area contributed by atoms with Crippen LogP contribution in [-0.2, 0) is 14.6 Å². The summed E-state index contributed by atoms with van der Waals surface area (Å²) >= 11 is 0.751. The third kappa shape index (κ3) is 4.64. The summed E-state index contributed by atoms with van der Waals surface area (Å²) in [5, 5.41) is 11.0. The molecule has 1 aromatic carbocycles. The number of rotatable bonds is 6. The van der Waals surface area contributed by atoms with Gasteiger partial charge in [0.1, 0.15) is 11.6 Å². The summed E-state index contributed by atoms with van der Waals surface area (Å²) in [4.78, 5) is 16.5. The highest BCUT2D eigenvalue weighted by atomic mass is 32.2. The maximum absolute atomic E-state index is 12.6. The molecule has 0 bridgehead atoms. The van der Waals surface area contributed by atoms with E-state index in [1.54, 1.807) is 0 Å². The number of amides is 1. The standard InChI is InChI=1S/C22H23N5O3S2/c1-13(2)32(29,30)22-25-21(31-26-22)24-20(28)18(12-23)11-17-10-15(4)27(16(17)5)19-8-6-14(3)7-9-19/h6-11,13H,1-5H3,(H,24,25,26,28)/b18-11-. The maximum Gasteiger partial charge on any atom is 0.268 e. The van der Waals surface area contributed by atoms with E-state index in [-0.39, 0.29) is 15.9 Å². The molecule has 1 N–H and O–H groups in total. The van der Waals surface area contributed by atoms with Gasteiger partial charge >= 0.3 is 0 Å². The highest BCUT2D eigenvalue weighted by Crippen LogP contribution is 2.24. The van der Waals surface area contributed by atoms with E-state index in [4.69, 9.17) is 0 Å². The van der Waals surface area contributed by atoms with Gasteiger partial charge in [0.05, 0.1) is 5.25 Å². The van der Waals surface area contributed by atoms with E-state index < -0.39 is 21.0 Å². The molecule has 0 atom stereocenters. The normalized spacial score (nSPS) is 12.1. The lowest BCUT2D eigenvalue weighted by atomic mass is 10.1. The summed E-state index contributed by atoms with van der Waals surface area (Å²) in [5.74, 6) is -0.683. The number of benzene rings is 1. The fourth-order valence-corrected chi connectivity index (χ4v) is 4.78. The van der Waals surface area contributed by atoms with Crippen molar-refractivity contribution in [3.05, 3.63) is 58.4 Å². The second-order valence-corrected chi connectivity index (χ2v) is 10.7. The predicted molar refractivity (Wildman–Crippen MR) is 124 cm³/mol. The Morgan fingerprint density at radius 1 is 1.22 bits per heavy atom. The zero-order valence-corrected chi connectivity index (χ0v) is 20.0. The van der Waals surface area contributed by atoms with Crippen molar-refractivity contribution >= 4 is 38.5 Å². The lowest BCUT2D eigenvalue weighted by molar-refractivity contribution is -0.112. The van der Waals surface area contributed by atoms with Gasteiger partial charge in [-0.25, -0.2) is 8.42 Å². The van der Waals surface area contributed by atoms with Crippen LogP contribution in [0.5, 0.6) is 0 Å². The van der Waals surface area contributed by atoms with Crippen LogP contribution in [0.2, 0.25) is 0 Å². The molecule has 0 unspecified atom stereocenters. The maximum atomic E-state index is 12.6. The highest BCUT2D eigenvalue weighted by Gasteiger charge is 2.25. The molecule has 1 amide bonds.